The molecule has 106 valence electrons. The quantitative estimate of drug-likeness (QED) is 0.893. The van der Waals surface area contributed by atoms with Crippen LogP contribution in [0.3, 0.4) is 0 Å². The van der Waals surface area contributed by atoms with Crippen molar-refractivity contribution in [1.82, 2.24) is 4.72 Å². The Labute approximate surface area is 126 Å². The van der Waals surface area contributed by atoms with Gasteiger partial charge >= 0.3 is 0 Å². The van der Waals surface area contributed by atoms with Crippen LogP contribution in [-0.4, -0.2) is 15.0 Å². The summed E-state index contributed by atoms with van der Waals surface area (Å²) in [6, 6.07) is 12.5. The molecule has 0 heterocycles. The topological polar surface area (TPSA) is 46.2 Å². The lowest BCUT2D eigenvalue weighted by Crippen LogP contribution is -2.26. The van der Waals surface area contributed by atoms with Crippen molar-refractivity contribution in [3.05, 3.63) is 64.4 Å². The molecule has 0 spiro atoms. The minimum atomic E-state index is -3.52. The fourth-order valence-electron chi connectivity index (χ4n) is 1.70. The molecular weight excluding hydrogens is 345 g/mol. The van der Waals surface area contributed by atoms with Crippen molar-refractivity contribution in [2.45, 2.75) is 11.3 Å². The van der Waals surface area contributed by atoms with Gasteiger partial charge in [-0.25, -0.2) is 17.5 Å². The molecule has 20 heavy (non-hydrogen) atoms. The Morgan fingerprint density at radius 2 is 1.80 bits per heavy atom. The van der Waals surface area contributed by atoms with E-state index in [0.717, 1.165) is 5.56 Å². The van der Waals surface area contributed by atoms with Crippen LogP contribution < -0.4 is 4.72 Å². The monoisotopic (exact) mass is 357 g/mol. The van der Waals surface area contributed by atoms with Gasteiger partial charge in [-0.05, 0) is 42.3 Å². The van der Waals surface area contributed by atoms with E-state index in [1.807, 2.05) is 0 Å². The Bertz CT molecular complexity index is 687. The van der Waals surface area contributed by atoms with E-state index >= 15 is 0 Å². The van der Waals surface area contributed by atoms with E-state index in [9.17, 15) is 12.8 Å². The maximum absolute atomic E-state index is 12.7. The van der Waals surface area contributed by atoms with E-state index in [4.69, 9.17) is 0 Å². The molecule has 0 unspecified atom stereocenters. The molecule has 0 amide bonds. The SMILES string of the molecule is O=S(=O)(NCCc1ccc(F)cc1)c1cccc(Br)c1. The van der Waals surface area contributed by atoms with Crippen LogP contribution in [0.5, 0.6) is 0 Å². The van der Waals surface area contributed by atoms with Crippen LogP contribution in [0, 0.1) is 5.82 Å². The lowest BCUT2D eigenvalue weighted by atomic mass is 10.1. The zero-order valence-corrected chi connectivity index (χ0v) is 12.9. The third-order valence-electron chi connectivity index (χ3n) is 2.73. The minimum absolute atomic E-state index is 0.214. The Balaban J connectivity index is 1.98. The van der Waals surface area contributed by atoms with Gasteiger partial charge in [0.2, 0.25) is 10.0 Å². The van der Waals surface area contributed by atoms with E-state index in [2.05, 4.69) is 20.7 Å². The molecule has 0 aromatic heterocycles. The molecule has 2 aromatic carbocycles. The van der Waals surface area contributed by atoms with Crippen molar-refractivity contribution in [1.29, 1.82) is 0 Å². The number of halogens is 2. The predicted molar refractivity (Wildman–Crippen MR) is 79.4 cm³/mol. The molecule has 0 bridgehead atoms. The van der Waals surface area contributed by atoms with E-state index in [1.54, 1.807) is 30.3 Å². The first-order valence-corrected chi connectivity index (χ1v) is 8.25. The summed E-state index contributed by atoms with van der Waals surface area (Å²) < 4.78 is 40.0. The standard InChI is InChI=1S/C14H13BrFNO2S/c15-12-2-1-3-14(10-12)20(18,19)17-9-8-11-4-6-13(16)7-5-11/h1-7,10,17H,8-9H2. The summed E-state index contributed by atoms with van der Waals surface area (Å²) in [5, 5.41) is 0. The van der Waals surface area contributed by atoms with Crippen LogP contribution in [0.4, 0.5) is 4.39 Å². The number of sulfonamides is 1. The van der Waals surface area contributed by atoms with Crippen molar-refractivity contribution < 1.29 is 12.8 Å². The summed E-state index contributed by atoms with van der Waals surface area (Å²) in [5.41, 5.74) is 0.878. The second-order valence-electron chi connectivity index (χ2n) is 4.23. The summed E-state index contributed by atoms with van der Waals surface area (Å²) in [6.07, 6.45) is 0.507. The molecule has 0 saturated carbocycles. The van der Waals surface area contributed by atoms with Crippen molar-refractivity contribution in [3.63, 3.8) is 0 Å². The first kappa shape index (κ1) is 15.2. The maximum atomic E-state index is 12.7. The zero-order chi connectivity index (χ0) is 14.6. The molecule has 0 saturated heterocycles. The second kappa shape index (κ2) is 6.47. The summed E-state index contributed by atoms with van der Waals surface area (Å²) in [6.45, 7) is 0.264. The highest BCUT2D eigenvalue weighted by atomic mass is 79.9. The Morgan fingerprint density at radius 3 is 2.45 bits per heavy atom. The molecule has 0 aliphatic carbocycles. The molecule has 0 aliphatic heterocycles. The zero-order valence-electron chi connectivity index (χ0n) is 10.5. The van der Waals surface area contributed by atoms with Gasteiger partial charge in [0.05, 0.1) is 4.90 Å². The van der Waals surface area contributed by atoms with Crippen LogP contribution in [0.15, 0.2) is 57.9 Å². The van der Waals surface area contributed by atoms with Gasteiger partial charge in [0, 0.05) is 11.0 Å². The van der Waals surface area contributed by atoms with Crippen molar-refractivity contribution in [3.8, 4) is 0 Å². The van der Waals surface area contributed by atoms with Gasteiger partial charge in [0.25, 0.3) is 0 Å². The van der Waals surface area contributed by atoms with Crippen LogP contribution in [-0.2, 0) is 16.4 Å². The van der Waals surface area contributed by atoms with Gasteiger partial charge in [0.1, 0.15) is 5.82 Å². The second-order valence-corrected chi connectivity index (χ2v) is 6.91. The summed E-state index contributed by atoms with van der Waals surface area (Å²) in [4.78, 5) is 0.214. The highest BCUT2D eigenvalue weighted by Crippen LogP contribution is 2.15. The first-order valence-electron chi connectivity index (χ1n) is 5.97. The molecule has 0 radical (unpaired) electrons. The van der Waals surface area contributed by atoms with E-state index in [1.165, 1.54) is 18.2 Å². The maximum Gasteiger partial charge on any atom is 0.240 e. The van der Waals surface area contributed by atoms with Gasteiger partial charge in [-0.15, -0.1) is 0 Å². The van der Waals surface area contributed by atoms with Crippen LogP contribution >= 0.6 is 15.9 Å². The Kier molecular flexibility index (Phi) is 4.91. The van der Waals surface area contributed by atoms with E-state index in [-0.39, 0.29) is 17.3 Å². The average Bonchev–Trinajstić information content (AvgIpc) is 2.41. The molecule has 6 heteroatoms. The fraction of sp³-hybridized carbons (Fsp3) is 0.143. The lowest BCUT2D eigenvalue weighted by Gasteiger charge is -2.07. The molecule has 0 aliphatic rings. The molecule has 2 aromatic rings. The van der Waals surface area contributed by atoms with Gasteiger partial charge in [0.15, 0.2) is 0 Å². The Hall–Kier alpha value is -1.24. The highest BCUT2D eigenvalue weighted by molar-refractivity contribution is 9.10. The number of hydrogen-bond acceptors (Lipinski definition) is 2. The Morgan fingerprint density at radius 1 is 1.10 bits per heavy atom. The first-order chi connectivity index (χ1) is 9.47. The molecule has 0 atom stereocenters. The number of rotatable bonds is 5. The number of hydrogen-bond donors (Lipinski definition) is 1. The van der Waals surface area contributed by atoms with Gasteiger partial charge in [-0.1, -0.05) is 34.1 Å². The average molecular weight is 358 g/mol. The fourth-order valence-corrected chi connectivity index (χ4v) is 3.33. The molecule has 0 fully saturated rings. The molecule has 1 N–H and O–H groups in total. The molecule has 2 rings (SSSR count). The third-order valence-corrected chi connectivity index (χ3v) is 4.68. The van der Waals surface area contributed by atoms with Crippen LogP contribution in [0.2, 0.25) is 0 Å². The minimum Gasteiger partial charge on any atom is -0.211 e. The largest absolute Gasteiger partial charge is 0.240 e. The summed E-state index contributed by atoms with van der Waals surface area (Å²) in [5.74, 6) is -0.302. The number of nitrogens with one attached hydrogen (secondary N) is 1. The smallest absolute Gasteiger partial charge is 0.211 e. The van der Waals surface area contributed by atoms with Gasteiger partial charge < -0.3 is 0 Å². The van der Waals surface area contributed by atoms with Crippen molar-refractivity contribution >= 4 is 26.0 Å². The van der Waals surface area contributed by atoms with E-state index < -0.39 is 10.0 Å². The van der Waals surface area contributed by atoms with Crippen LogP contribution in [0.1, 0.15) is 5.56 Å². The molecule has 3 nitrogen and oxygen atoms in total. The van der Waals surface area contributed by atoms with Crippen LogP contribution in [0.25, 0.3) is 0 Å². The normalized spacial score (nSPS) is 11.5. The summed E-state index contributed by atoms with van der Waals surface area (Å²) in [7, 11) is -3.52. The highest BCUT2D eigenvalue weighted by Gasteiger charge is 2.13. The van der Waals surface area contributed by atoms with Crippen molar-refractivity contribution in [2.75, 3.05) is 6.54 Å². The predicted octanol–water partition coefficient (Wildman–Crippen LogP) is 3.11. The lowest BCUT2D eigenvalue weighted by molar-refractivity contribution is 0.581. The number of benzene rings is 2. The van der Waals surface area contributed by atoms with E-state index in [0.29, 0.717) is 10.9 Å². The van der Waals surface area contributed by atoms with Crippen molar-refractivity contribution in [2.24, 2.45) is 0 Å². The molecular formula is C14H13BrFNO2S. The summed E-state index contributed by atoms with van der Waals surface area (Å²) >= 11 is 3.24. The van der Waals surface area contributed by atoms with Gasteiger partial charge in [-0.3, -0.25) is 0 Å². The third kappa shape index (κ3) is 4.13. The van der Waals surface area contributed by atoms with Gasteiger partial charge in [-0.2, -0.15) is 0 Å².